The molecule has 21 heavy (non-hydrogen) atoms. The minimum Gasteiger partial charge on any atom is -0.508 e. The molecule has 1 heterocycles. The molecule has 2 rings (SSSR count). The molecule has 1 saturated heterocycles. The van der Waals surface area contributed by atoms with Gasteiger partial charge in [-0.15, -0.1) is 0 Å². The van der Waals surface area contributed by atoms with Crippen LogP contribution in [0.25, 0.3) is 0 Å². The number of nitrogens with one attached hydrogen (secondary N) is 1. The second-order valence-corrected chi connectivity index (χ2v) is 6.12. The first-order chi connectivity index (χ1) is 9.98. The summed E-state index contributed by atoms with van der Waals surface area (Å²) in [5.41, 5.74) is 6.99. The molecular weight excluding hydrogens is 268 g/mol. The molecule has 5 nitrogen and oxygen atoms in total. The van der Waals surface area contributed by atoms with Crippen LogP contribution in [0.5, 0.6) is 5.75 Å². The van der Waals surface area contributed by atoms with Crippen LogP contribution in [0.15, 0.2) is 24.3 Å². The lowest BCUT2D eigenvalue weighted by atomic mass is 9.82. The lowest BCUT2D eigenvalue weighted by Gasteiger charge is -2.33. The zero-order valence-electron chi connectivity index (χ0n) is 12.5. The van der Waals surface area contributed by atoms with E-state index >= 15 is 0 Å². The number of rotatable bonds is 5. The van der Waals surface area contributed by atoms with Crippen LogP contribution in [-0.4, -0.2) is 36.8 Å². The van der Waals surface area contributed by atoms with Gasteiger partial charge in [-0.3, -0.25) is 4.79 Å². The van der Waals surface area contributed by atoms with Gasteiger partial charge in [0.2, 0.25) is 5.91 Å². The molecule has 1 aromatic rings. The molecule has 0 spiro atoms. The van der Waals surface area contributed by atoms with Gasteiger partial charge in [0, 0.05) is 19.8 Å². The van der Waals surface area contributed by atoms with E-state index in [0.717, 1.165) is 31.6 Å². The standard InChI is InChI=1S/C16H24N2O3/c1-16(6-8-21-9-7-16)11-18-15(20)14(17)10-12-2-4-13(19)5-3-12/h2-5,14,19H,6-11,17H2,1H3,(H,18,20)/t14-/m1/s1. The van der Waals surface area contributed by atoms with E-state index in [1.54, 1.807) is 24.3 Å². The van der Waals surface area contributed by atoms with Gasteiger partial charge in [0.15, 0.2) is 0 Å². The number of ether oxygens (including phenoxy) is 1. The minimum atomic E-state index is -0.571. The lowest BCUT2D eigenvalue weighted by Crippen LogP contribution is -2.46. The van der Waals surface area contributed by atoms with Crippen molar-refractivity contribution < 1.29 is 14.6 Å². The fraction of sp³-hybridized carbons (Fsp3) is 0.562. The van der Waals surface area contributed by atoms with E-state index in [1.807, 2.05) is 0 Å². The Morgan fingerprint density at radius 3 is 2.62 bits per heavy atom. The summed E-state index contributed by atoms with van der Waals surface area (Å²) in [6.07, 6.45) is 2.38. The molecule has 1 aliphatic heterocycles. The zero-order chi connectivity index (χ0) is 15.3. The molecule has 1 atom stereocenters. The average molecular weight is 292 g/mol. The molecule has 0 unspecified atom stereocenters. The van der Waals surface area contributed by atoms with Crippen molar-refractivity contribution in [3.63, 3.8) is 0 Å². The highest BCUT2D eigenvalue weighted by Gasteiger charge is 2.28. The number of amides is 1. The van der Waals surface area contributed by atoms with Crippen LogP contribution in [0.4, 0.5) is 0 Å². The Kier molecular flexibility index (Phi) is 5.20. The molecule has 1 fully saturated rings. The normalized spacial score (nSPS) is 19.0. The van der Waals surface area contributed by atoms with Crippen LogP contribution >= 0.6 is 0 Å². The number of phenols is 1. The van der Waals surface area contributed by atoms with Gasteiger partial charge >= 0.3 is 0 Å². The summed E-state index contributed by atoms with van der Waals surface area (Å²) in [7, 11) is 0. The number of hydrogen-bond acceptors (Lipinski definition) is 4. The molecule has 1 aromatic carbocycles. The number of aromatic hydroxyl groups is 1. The van der Waals surface area contributed by atoms with Crippen LogP contribution in [-0.2, 0) is 16.0 Å². The van der Waals surface area contributed by atoms with Crippen LogP contribution in [0.3, 0.4) is 0 Å². The third-order valence-electron chi connectivity index (χ3n) is 4.12. The van der Waals surface area contributed by atoms with Gasteiger partial charge in [-0.2, -0.15) is 0 Å². The van der Waals surface area contributed by atoms with Crippen molar-refractivity contribution in [3.8, 4) is 5.75 Å². The van der Waals surface area contributed by atoms with E-state index in [2.05, 4.69) is 12.2 Å². The maximum atomic E-state index is 12.1. The van der Waals surface area contributed by atoms with E-state index in [9.17, 15) is 9.90 Å². The second-order valence-electron chi connectivity index (χ2n) is 6.12. The van der Waals surface area contributed by atoms with Gasteiger partial charge in [0.1, 0.15) is 5.75 Å². The predicted molar refractivity (Wildman–Crippen MR) is 81.0 cm³/mol. The Hall–Kier alpha value is -1.59. The lowest BCUT2D eigenvalue weighted by molar-refractivity contribution is -0.123. The van der Waals surface area contributed by atoms with E-state index in [4.69, 9.17) is 10.5 Å². The highest BCUT2D eigenvalue weighted by atomic mass is 16.5. The summed E-state index contributed by atoms with van der Waals surface area (Å²) in [4.78, 5) is 12.1. The van der Waals surface area contributed by atoms with Crippen LogP contribution in [0.2, 0.25) is 0 Å². The number of benzene rings is 1. The number of nitrogens with two attached hydrogens (primary N) is 1. The zero-order valence-corrected chi connectivity index (χ0v) is 12.5. The highest BCUT2D eigenvalue weighted by molar-refractivity contribution is 5.81. The molecule has 0 aliphatic carbocycles. The maximum Gasteiger partial charge on any atom is 0.237 e. The van der Waals surface area contributed by atoms with E-state index in [0.29, 0.717) is 13.0 Å². The van der Waals surface area contributed by atoms with Crippen molar-refractivity contribution in [1.82, 2.24) is 5.32 Å². The Balaban J connectivity index is 1.80. The fourth-order valence-electron chi connectivity index (χ4n) is 2.45. The van der Waals surface area contributed by atoms with Crippen molar-refractivity contribution in [1.29, 1.82) is 0 Å². The highest BCUT2D eigenvalue weighted by Crippen LogP contribution is 2.28. The SMILES string of the molecule is CC1(CNC(=O)[C@H](N)Cc2ccc(O)cc2)CCOCC1. The summed E-state index contributed by atoms with van der Waals surface area (Å²) in [6.45, 7) is 4.32. The van der Waals surface area contributed by atoms with Gasteiger partial charge in [-0.25, -0.2) is 0 Å². The fourth-order valence-corrected chi connectivity index (χ4v) is 2.45. The van der Waals surface area contributed by atoms with Gasteiger partial charge in [0.05, 0.1) is 6.04 Å². The third kappa shape index (κ3) is 4.72. The first-order valence-corrected chi connectivity index (χ1v) is 7.37. The van der Waals surface area contributed by atoms with Crippen molar-refractivity contribution in [2.75, 3.05) is 19.8 Å². The van der Waals surface area contributed by atoms with Gasteiger partial charge in [-0.05, 0) is 42.4 Å². The summed E-state index contributed by atoms with van der Waals surface area (Å²) in [5.74, 6) is 0.0833. The van der Waals surface area contributed by atoms with Crippen molar-refractivity contribution >= 4 is 5.91 Å². The molecule has 0 aromatic heterocycles. The first kappa shape index (κ1) is 15.8. The van der Waals surface area contributed by atoms with E-state index in [1.165, 1.54) is 0 Å². The number of hydrogen-bond donors (Lipinski definition) is 3. The summed E-state index contributed by atoms with van der Waals surface area (Å²) >= 11 is 0. The van der Waals surface area contributed by atoms with Gasteiger partial charge in [-0.1, -0.05) is 19.1 Å². The molecule has 4 N–H and O–H groups in total. The Bertz CT molecular complexity index is 467. The van der Waals surface area contributed by atoms with Crippen molar-refractivity contribution in [3.05, 3.63) is 29.8 Å². The molecule has 116 valence electrons. The van der Waals surface area contributed by atoms with Gasteiger partial charge < -0.3 is 20.9 Å². The monoisotopic (exact) mass is 292 g/mol. The number of carbonyl (C=O) groups excluding carboxylic acids is 1. The Morgan fingerprint density at radius 1 is 1.38 bits per heavy atom. The first-order valence-electron chi connectivity index (χ1n) is 7.37. The summed E-state index contributed by atoms with van der Waals surface area (Å²) in [6, 6.07) is 6.19. The largest absolute Gasteiger partial charge is 0.508 e. The smallest absolute Gasteiger partial charge is 0.237 e. The minimum absolute atomic E-state index is 0.103. The summed E-state index contributed by atoms with van der Waals surface area (Å²) in [5, 5.41) is 12.2. The molecule has 5 heteroatoms. The van der Waals surface area contributed by atoms with E-state index < -0.39 is 6.04 Å². The number of phenolic OH excluding ortho intramolecular Hbond substituents is 1. The predicted octanol–water partition coefficient (Wildman–Crippen LogP) is 1.19. The third-order valence-corrected chi connectivity index (χ3v) is 4.12. The van der Waals surface area contributed by atoms with Crippen molar-refractivity contribution in [2.24, 2.45) is 11.1 Å². The quantitative estimate of drug-likeness (QED) is 0.761. The average Bonchev–Trinajstić information content (AvgIpc) is 2.48. The van der Waals surface area contributed by atoms with Crippen molar-refractivity contribution in [2.45, 2.75) is 32.2 Å². The molecular formula is C16H24N2O3. The molecule has 0 bridgehead atoms. The molecule has 0 saturated carbocycles. The molecule has 1 amide bonds. The maximum absolute atomic E-state index is 12.1. The Labute approximate surface area is 125 Å². The van der Waals surface area contributed by atoms with Crippen LogP contribution in [0.1, 0.15) is 25.3 Å². The van der Waals surface area contributed by atoms with Gasteiger partial charge in [0.25, 0.3) is 0 Å². The topological polar surface area (TPSA) is 84.6 Å². The Morgan fingerprint density at radius 2 is 2.00 bits per heavy atom. The van der Waals surface area contributed by atoms with Crippen LogP contribution in [0, 0.1) is 5.41 Å². The van der Waals surface area contributed by atoms with Crippen LogP contribution < -0.4 is 11.1 Å². The molecule has 0 radical (unpaired) electrons. The second kappa shape index (κ2) is 6.91. The summed E-state index contributed by atoms with van der Waals surface area (Å²) < 4.78 is 5.35. The number of carbonyl (C=O) groups is 1. The molecule has 1 aliphatic rings. The van der Waals surface area contributed by atoms with E-state index in [-0.39, 0.29) is 17.1 Å².